The van der Waals surface area contributed by atoms with Crippen molar-refractivity contribution in [2.45, 2.75) is 144 Å². The highest BCUT2D eigenvalue weighted by Gasteiger charge is 2.45. The third-order valence-corrected chi connectivity index (χ3v) is 13.2. The van der Waals surface area contributed by atoms with Crippen LogP contribution in [0.15, 0.2) is 35.5 Å². The van der Waals surface area contributed by atoms with E-state index in [1.807, 2.05) is 0 Å². The molecular weight excluding hydrogens is 1040 g/mol. The van der Waals surface area contributed by atoms with Gasteiger partial charge in [-0.1, -0.05) is 18.2 Å². The van der Waals surface area contributed by atoms with Gasteiger partial charge >= 0.3 is 5.97 Å². The van der Waals surface area contributed by atoms with Crippen molar-refractivity contribution in [3.63, 3.8) is 0 Å². The molecule has 2 aromatic rings. The Balaban J connectivity index is 1.59. The zero-order valence-corrected chi connectivity index (χ0v) is 43.5. The molecule has 3 heterocycles. The number of carbonyl (C=O) groups is 12. The minimum atomic E-state index is -1.90. The lowest BCUT2D eigenvalue weighted by Crippen LogP contribution is -2.61. The maximum atomic E-state index is 14.8. The Morgan fingerprint density at radius 3 is 1.84 bits per heavy atom. The zero-order chi connectivity index (χ0) is 58.7. The Hall–Kier alpha value is -8.45. The van der Waals surface area contributed by atoms with Crippen molar-refractivity contribution >= 4 is 87.8 Å². The smallest absolute Gasteiger partial charge is 0.328 e. The first-order chi connectivity index (χ1) is 37.3. The number of aliphatic imine (C=N–C) groups is 1. The highest BCUT2D eigenvalue weighted by atomic mass is 16.4. The average molecular weight is 1110 g/mol. The summed E-state index contributed by atoms with van der Waals surface area (Å²) in [6, 6.07) is -6.63. The molecule has 1 aromatic heterocycles. The largest absolute Gasteiger partial charge is 0.480 e. The third kappa shape index (κ3) is 18.6. The SMILES string of the molecule is C[C@@H](O)[C@H](NC(=O)[C@@H]1CCCN1C(=O)[C@@H]1CCCN1C(=O)[C@H](Cc1c[nH]c2ccccc12)NC(=O)[C@H](CC(N)=O)NC(=O)[C@H](CO)NC(=O)[C@H](CCCN=C(N)N)NC(=O)[C@H](CCC(N)=O)NC(=O)[C@@H](N)CCC(N)=O)C(=O)O. The lowest BCUT2D eigenvalue weighted by Gasteiger charge is -2.33. The number of carboxylic acids is 1. The van der Waals surface area contributed by atoms with Gasteiger partial charge in [-0.05, 0) is 69.9 Å². The van der Waals surface area contributed by atoms with Crippen LogP contribution in [-0.4, -0.2) is 194 Å². The maximum absolute atomic E-state index is 14.8. The van der Waals surface area contributed by atoms with Crippen LogP contribution in [0.1, 0.15) is 83.1 Å². The average Bonchev–Trinajstić information content (AvgIpc) is 4.20. The number of amides is 11. The number of aliphatic carboxylic acids is 1. The number of hydrogen-bond acceptors (Lipinski definition) is 16. The molecule has 0 spiro atoms. The van der Waals surface area contributed by atoms with Crippen LogP contribution >= 0.6 is 0 Å². The first-order valence-electron chi connectivity index (χ1n) is 25.5. The fraction of sp³-hybridized carbons (Fsp3) is 0.562. The molecule has 434 valence electrons. The van der Waals surface area contributed by atoms with Crippen molar-refractivity contribution in [1.82, 2.24) is 46.7 Å². The van der Waals surface area contributed by atoms with E-state index < -0.39 is 151 Å². The van der Waals surface area contributed by atoms with Crippen molar-refractivity contribution in [1.29, 1.82) is 0 Å². The van der Waals surface area contributed by atoms with Crippen LogP contribution in [0.25, 0.3) is 10.9 Å². The van der Waals surface area contributed by atoms with Crippen LogP contribution in [0.3, 0.4) is 0 Å². The summed E-state index contributed by atoms with van der Waals surface area (Å²) in [5.41, 5.74) is 33.9. The van der Waals surface area contributed by atoms with Gasteiger partial charge in [0, 0.05) is 56.0 Å². The van der Waals surface area contributed by atoms with E-state index in [1.54, 1.807) is 30.5 Å². The number of aliphatic hydroxyl groups excluding tert-OH is 2. The summed E-state index contributed by atoms with van der Waals surface area (Å²) in [7, 11) is 0. The van der Waals surface area contributed by atoms with Crippen molar-refractivity contribution < 1.29 is 72.9 Å². The number of hydrogen-bond donors (Lipinski definition) is 16. The number of carboxylic acid groups (broad SMARTS) is 1. The van der Waals surface area contributed by atoms with Crippen LogP contribution in [-0.2, 0) is 64.0 Å². The van der Waals surface area contributed by atoms with Gasteiger partial charge in [0.05, 0.1) is 25.2 Å². The van der Waals surface area contributed by atoms with E-state index >= 15 is 0 Å². The Morgan fingerprint density at radius 2 is 1.23 bits per heavy atom. The van der Waals surface area contributed by atoms with E-state index in [0.717, 1.165) is 0 Å². The van der Waals surface area contributed by atoms with Crippen LogP contribution in [0.4, 0.5) is 0 Å². The quantitative estimate of drug-likeness (QED) is 0.0189. The maximum Gasteiger partial charge on any atom is 0.328 e. The molecule has 0 unspecified atom stereocenters. The molecule has 11 amide bonds. The number of aromatic amines is 1. The van der Waals surface area contributed by atoms with Crippen LogP contribution < -0.4 is 66.3 Å². The van der Waals surface area contributed by atoms with Gasteiger partial charge in [0.25, 0.3) is 0 Å². The topological polar surface area (TPSA) is 528 Å². The number of nitrogens with zero attached hydrogens (tertiary/aromatic N) is 3. The van der Waals surface area contributed by atoms with Crippen molar-refractivity contribution in [2.24, 2.45) is 39.4 Å². The number of aliphatic hydroxyl groups is 2. The summed E-state index contributed by atoms with van der Waals surface area (Å²) in [5, 5.41) is 44.8. The van der Waals surface area contributed by atoms with Gasteiger partial charge in [0.2, 0.25) is 65.0 Å². The Bertz CT molecular complexity index is 2610. The molecule has 31 heteroatoms. The predicted octanol–water partition coefficient (Wildman–Crippen LogP) is -7.15. The molecule has 0 aliphatic carbocycles. The van der Waals surface area contributed by atoms with E-state index in [-0.39, 0.29) is 77.0 Å². The second kappa shape index (κ2) is 29.9. The van der Waals surface area contributed by atoms with Crippen molar-refractivity contribution in [3.05, 3.63) is 36.0 Å². The van der Waals surface area contributed by atoms with Crippen LogP contribution in [0.2, 0.25) is 0 Å². The molecule has 0 radical (unpaired) electrons. The van der Waals surface area contributed by atoms with Gasteiger partial charge in [-0.25, -0.2) is 4.79 Å². The molecular formula is C48H72N16O15. The normalized spacial score (nSPS) is 18.0. The van der Waals surface area contributed by atoms with Gasteiger partial charge in [0.1, 0.15) is 42.3 Å². The number of fused-ring (bicyclic) bond motifs is 1. The molecule has 4 rings (SSSR count). The van der Waals surface area contributed by atoms with Crippen molar-refractivity contribution in [3.8, 4) is 0 Å². The number of para-hydroxylation sites is 1. The number of H-pyrrole nitrogens is 1. The molecule has 31 nitrogen and oxygen atoms in total. The van der Waals surface area contributed by atoms with E-state index in [0.29, 0.717) is 29.3 Å². The molecule has 2 aliphatic heterocycles. The number of likely N-dealkylation sites (tertiary alicyclic amines) is 2. The van der Waals surface area contributed by atoms with Gasteiger partial charge < -0.3 is 96.4 Å². The molecule has 2 aliphatic rings. The fourth-order valence-corrected chi connectivity index (χ4v) is 9.07. The molecule has 0 bridgehead atoms. The van der Waals surface area contributed by atoms with Crippen molar-refractivity contribution in [2.75, 3.05) is 26.2 Å². The standard InChI is InChI=1S/C48H72N16O15/c1-23(66)38(47(78)79)62-44(75)33-10-5-17-63(33)46(77)34-11-6-18-64(34)45(76)31(19-24-21-56-27-8-3-2-7-25(24)27)60-42(73)30(20-37(52)69)59-43(74)32(22-65)61-40(71)28(9-4-16-55-48(53)54)58-41(72)29(13-15-36(51)68)57-39(70)26(49)12-14-35(50)67/h2-3,7-8,21,23,26,28-34,38,56,65-66H,4-6,9-20,22,49H2,1H3,(H2,50,67)(H2,51,68)(H2,52,69)(H,57,70)(H,58,72)(H,59,74)(H,60,73)(H,61,71)(H,62,75)(H,78,79)(H4,53,54,55)/t23-,26+,28+,29+,30+,31+,32+,33+,34+,38+/m1/s1. The Labute approximate surface area is 452 Å². The number of nitrogens with two attached hydrogens (primary N) is 6. The van der Waals surface area contributed by atoms with Crippen LogP contribution in [0, 0.1) is 0 Å². The lowest BCUT2D eigenvalue weighted by molar-refractivity contribution is -0.149. The van der Waals surface area contributed by atoms with E-state index in [9.17, 15) is 72.9 Å². The Kier molecular flexibility index (Phi) is 23.9. The monoisotopic (exact) mass is 1110 g/mol. The number of aromatic nitrogens is 1. The first kappa shape index (κ1) is 63.1. The summed E-state index contributed by atoms with van der Waals surface area (Å²) in [5.74, 6) is -12.2. The summed E-state index contributed by atoms with van der Waals surface area (Å²) < 4.78 is 0. The van der Waals surface area contributed by atoms with Gasteiger partial charge in [-0.2, -0.15) is 0 Å². The predicted molar refractivity (Wildman–Crippen MR) is 278 cm³/mol. The highest BCUT2D eigenvalue weighted by Crippen LogP contribution is 2.27. The fourth-order valence-electron chi connectivity index (χ4n) is 9.07. The summed E-state index contributed by atoms with van der Waals surface area (Å²) >= 11 is 0. The summed E-state index contributed by atoms with van der Waals surface area (Å²) in [4.78, 5) is 168. The first-order valence-corrected chi connectivity index (χ1v) is 25.5. The molecule has 79 heavy (non-hydrogen) atoms. The number of nitrogens with one attached hydrogen (secondary N) is 7. The van der Waals surface area contributed by atoms with E-state index in [1.165, 1.54) is 16.7 Å². The highest BCUT2D eigenvalue weighted by molar-refractivity contribution is 6.00. The molecule has 2 saturated heterocycles. The van der Waals surface area contributed by atoms with Crippen LogP contribution in [0.5, 0.6) is 0 Å². The lowest BCUT2D eigenvalue weighted by atomic mass is 10.0. The molecule has 1 aromatic carbocycles. The minimum absolute atomic E-state index is 0.0178. The zero-order valence-electron chi connectivity index (χ0n) is 43.5. The molecule has 22 N–H and O–H groups in total. The van der Waals surface area contributed by atoms with Gasteiger partial charge in [-0.3, -0.25) is 57.7 Å². The van der Waals surface area contributed by atoms with E-state index in [2.05, 4.69) is 41.9 Å². The number of benzene rings is 1. The summed E-state index contributed by atoms with van der Waals surface area (Å²) in [6.07, 6.45) is -1.47. The minimum Gasteiger partial charge on any atom is -0.480 e. The summed E-state index contributed by atoms with van der Waals surface area (Å²) in [6.45, 7) is 0.0932. The van der Waals surface area contributed by atoms with E-state index in [4.69, 9.17) is 34.4 Å². The number of rotatable bonds is 31. The van der Waals surface area contributed by atoms with Gasteiger partial charge in [0.15, 0.2) is 12.0 Å². The third-order valence-electron chi connectivity index (χ3n) is 13.2. The van der Waals surface area contributed by atoms with Gasteiger partial charge in [-0.15, -0.1) is 0 Å². The number of guanidine groups is 1. The number of primary amides is 3. The number of carbonyl (C=O) groups excluding carboxylic acids is 11. The molecule has 0 saturated carbocycles. The second-order valence-electron chi connectivity index (χ2n) is 19.2. The Morgan fingerprint density at radius 1 is 0.684 bits per heavy atom. The molecule has 10 atom stereocenters. The molecule has 2 fully saturated rings. The second-order valence-corrected chi connectivity index (χ2v) is 19.2.